The number of carboxylic acid groups (broad SMARTS) is 1. The second-order valence-corrected chi connectivity index (χ2v) is 11.6. The van der Waals surface area contributed by atoms with Crippen molar-refractivity contribution < 1.29 is 29.3 Å². The number of amides is 1. The first-order chi connectivity index (χ1) is 20.0. The van der Waals surface area contributed by atoms with E-state index in [1.54, 1.807) is 0 Å². The van der Waals surface area contributed by atoms with Gasteiger partial charge in [0.25, 0.3) is 0 Å². The number of rotatable bonds is 12. The predicted octanol–water partition coefficient (Wildman–Crippen LogP) is 4.48. The van der Waals surface area contributed by atoms with E-state index >= 15 is 0 Å². The van der Waals surface area contributed by atoms with Gasteiger partial charge in [-0.1, -0.05) is 36.4 Å². The smallest absolute Gasteiger partial charge is 0.303 e. The molecule has 0 radical (unpaired) electrons. The fraction of sp³-hybridized carbons (Fsp3) is 0.562. The molecule has 0 aliphatic carbocycles. The predicted molar refractivity (Wildman–Crippen MR) is 155 cm³/mol. The average molecular weight is 566 g/mol. The van der Waals surface area contributed by atoms with E-state index in [2.05, 4.69) is 15.1 Å². The molecule has 4 atom stereocenters. The maximum absolute atomic E-state index is 12.4. The van der Waals surface area contributed by atoms with Gasteiger partial charge in [-0.25, -0.2) is 0 Å². The largest absolute Gasteiger partial charge is 0.481 e. The minimum Gasteiger partial charge on any atom is -0.481 e. The van der Waals surface area contributed by atoms with Crippen molar-refractivity contribution >= 4 is 17.6 Å². The number of benzene rings is 2. The van der Waals surface area contributed by atoms with Crippen LogP contribution in [0.2, 0.25) is 0 Å². The number of aliphatic hydroxyl groups excluding tert-OH is 1. The molecule has 2 aromatic carbocycles. The number of aliphatic carboxylic acids is 1. The number of carbonyl (C=O) groups is 2. The molecule has 9 nitrogen and oxygen atoms in total. The van der Waals surface area contributed by atoms with Crippen molar-refractivity contribution in [1.29, 1.82) is 0 Å². The second-order valence-electron chi connectivity index (χ2n) is 11.6. The number of hydrogen-bond acceptors (Lipinski definition) is 7. The van der Waals surface area contributed by atoms with Gasteiger partial charge in [0.05, 0.1) is 18.8 Å². The first-order valence-corrected chi connectivity index (χ1v) is 15.1. The zero-order valence-corrected chi connectivity index (χ0v) is 23.7. The van der Waals surface area contributed by atoms with Crippen LogP contribution in [-0.2, 0) is 25.7 Å². The molecule has 3 N–H and O–H groups in total. The van der Waals surface area contributed by atoms with Crippen LogP contribution < -0.4 is 5.32 Å². The van der Waals surface area contributed by atoms with Gasteiger partial charge < -0.3 is 29.9 Å². The van der Waals surface area contributed by atoms with Crippen molar-refractivity contribution in [2.45, 2.75) is 82.5 Å². The van der Waals surface area contributed by atoms with Crippen LogP contribution in [0.15, 0.2) is 48.5 Å². The molecular formula is C32H43N3O6. The molecular weight excluding hydrogens is 522 g/mol. The topological polar surface area (TPSA) is 112 Å². The summed E-state index contributed by atoms with van der Waals surface area (Å²) in [6.45, 7) is 5.49. The molecule has 0 spiro atoms. The summed E-state index contributed by atoms with van der Waals surface area (Å²) in [6.07, 6.45) is 5.40. The van der Waals surface area contributed by atoms with Crippen LogP contribution in [0, 0.1) is 0 Å². The minimum absolute atomic E-state index is 0.00233. The summed E-state index contributed by atoms with van der Waals surface area (Å²) < 4.78 is 13.1. The number of likely N-dealkylation sites (tertiary alicyclic amines) is 2. The summed E-state index contributed by atoms with van der Waals surface area (Å²) >= 11 is 0. The van der Waals surface area contributed by atoms with Gasteiger partial charge in [0.15, 0.2) is 6.29 Å². The molecule has 9 heteroatoms. The number of hydrogen-bond donors (Lipinski definition) is 3. The number of nitrogens with one attached hydrogen (secondary N) is 1. The fourth-order valence-corrected chi connectivity index (χ4v) is 6.29. The third kappa shape index (κ3) is 8.36. The monoisotopic (exact) mass is 565 g/mol. The zero-order valence-electron chi connectivity index (χ0n) is 23.7. The van der Waals surface area contributed by atoms with Crippen LogP contribution in [0.4, 0.5) is 5.69 Å². The lowest BCUT2D eigenvalue weighted by Gasteiger charge is -2.39. The van der Waals surface area contributed by atoms with Crippen molar-refractivity contribution in [3.8, 4) is 0 Å². The molecule has 3 aliphatic rings. The van der Waals surface area contributed by atoms with E-state index in [-0.39, 0.29) is 37.6 Å². The van der Waals surface area contributed by atoms with Gasteiger partial charge in [0, 0.05) is 49.6 Å². The molecule has 0 bridgehead atoms. The standard InChI is InChI=1S/C32H43N3O6/c36-22-23-11-13-24(14-12-23)29-19-28(21-35-17-5-8-27(35)20-34-15-1-2-16-34)40-32(41-29)25-6-3-7-26(18-25)33-30(37)9-4-10-31(38)39/h3,6-7,11-14,18,27-29,32,36H,1-2,4-5,8-10,15-17,19-22H2,(H,33,37)(H,38,39). The number of nitrogens with zero attached hydrogens (tertiary/aromatic N) is 2. The molecule has 1 amide bonds. The van der Waals surface area contributed by atoms with Gasteiger partial charge >= 0.3 is 5.97 Å². The van der Waals surface area contributed by atoms with Crippen molar-refractivity contribution in [2.24, 2.45) is 0 Å². The molecule has 3 heterocycles. The van der Waals surface area contributed by atoms with Crippen LogP contribution in [0.5, 0.6) is 0 Å². The van der Waals surface area contributed by atoms with Crippen LogP contribution in [0.1, 0.15) is 80.5 Å². The quantitative estimate of drug-likeness (QED) is 0.346. The van der Waals surface area contributed by atoms with E-state index < -0.39 is 12.3 Å². The third-order valence-electron chi connectivity index (χ3n) is 8.46. The molecule has 3 aliphatic heterocycles. The Bertz CT molecular complexity index is 1150. The maximum Gasteiger partial charge on any atom is 0.303 e. The number of ether oxygens (including phenoxy) is 2. The number of aliphatic hydroxyl groups is 1. The molecule has 4 unspecified atom stereocenters. The van der Waals surface area contributed by atoms with Crippen LogP contribution in [0.25, 0.3) is 0 Å². The maximum atomic E-state index is 12.4. The van der Waals surface area contributed by atoms with E-state index in [1.165, 1.54) is 38.8 Å². The first kappa shape index (κ1) is 29.7. The summed E-state index contributed by atoms with van der Waals surface area (Å²) in [4.78, 5) is 28.4. The van der Waals surface area contributed by atoms with Gasteiger partial charge in [-0.3, -0.25) is 14.5 Å². The Morgan fingerprint density at radius 3 is 2.49 bits per heavy atom. The number of carboxylic acids is 1. The highest BCUT2D eigenvalue weighted by Gasteiger charge is 2.36. The lowest BCUT2D eigenvalue weighted by molar-refractivity contribution is -0.253. The van der Waals surface area contributed by atoms with Crippen molar-refractivity contribution in [1.82, 2.24) is 9.80 Å². The molecule has 222 valence electrons. The fourth-order valence-electron chi connectivity index (χ4n) is 6.29. The van der Waals surface area contributed by atoms with E-state index in [9.17, 15) is 14.7 Å². The highest BCUT2D eigenvalue weighted by atomic mass is 16.7. The Balaban J connectivity index is 1.29. The normalized spacial score (nSPS) is 25.4. The van der Waals surface area contributed by atoms with E-state index in [4.69, 9.17) is 14.6 Å². The molecule has 0 aromatic heterocycles. The Morgan fingerprint density at radius 2 is 1.73 bits per heavy atom. The Hall–Kier alpha value is -2.82. The van der Waals surface area contributed by atoms with Crippen LogP contribution in [0.3, 0.4) is 0 Å². The molecule has 5 rings (SSSR count). The van der Waals surface area contributed by atoms with Gasteiger partial charge in [0.1, 0.15) is 0 Å². The number of anilines is 1. The second kappa shape index (κ2) is 14.4. The van der Waals surface area contributed by atoms with Gasteiger partial charge in [-0.15, -0.1) is 0 Å². The average Bonchev–Trinajstić information content (AvgIpc) is 3.65. The van der Waals surface area contributed by atoms with Gasteiger partial charge in [-0.05, 0) is 75.0 Å². The van der Waals surface area contributed by atoms with Crippen molar-refractivity contribution in [2.75, 3.05) is 38.0 Å². The molecule has 0 saturated carbocycles. The summed E-state index contributed by atoms with van der Waals surface area (Å²) in [5.41, 5.74) is 3.37. The van der Waals surface area contributed by atoms with Crippen molar-refractivity contribution in [3.63, 3.8) is 0 Å². The first-order valence-electron chi connectivity index (χ1n) is 15.1. The SMILES string of the molecule is O=C(O)CCCC(=O)Nc1cccc(C2OC(CN3CCCC3CN3CCCC3)CC(c3ccc(CO)cc3)O2)c1. The molecule has 3 saturated heterocycles. The van der Waals surface area contributed by atoms with Crippen LogP contribution in [-0.4, -0.2) is 76.8 Å². The van der Waals surface area contributed by atoms with Crippen LogP contribution >= 0.6 is 0 Å². The Labute approximate surface area is 242 Å². The third-order valence-corrected chi connectivity index (χ3v) is 8.46. The van der Waals surface area contributed by atoms with Gasteiger partial charge in [0.2, 0.25) is 5.91 Å². The Morgan fingerprint density at radius 1 is 0.927 bits per heavy atom. The van der Waals surface area contributed by atoms with Crippen molar-refractivity contribution in [3.05, 3.63) is 65.2 Å². The molecule has 3 fully saturated rings. The lowest BCUT2D eigenvalue weighted by Crippen LogP contribution is -2.45. The summed E-state index contributed by atoms with van der Waals surface area (Å²) in [6, 6.07) is 16.0. The lowest BCUT2D eigenvalue weighted by atomic mass is 9.99. The summed E-state index contributed by atoms with van der Waals surface area (Å²) in [7, 11) is 0. The van der Waals surface area contributed by atoms with Gasteiger partial charge in [-0.2, -0.15) is 0 Å². The highest BCUT2D eigenvalue weighted by molar-refractivity contribution is 5.90. The zero-order chi connectivity index (χ0) is 28.6. The number of carbonyl (C=O) groups excluding carboxylic acids is 1. The van der Waals surface area contributed by atoms with E-state index in [0.717, 1.165) is 42.7 Å². The molecule has 2 aromatic rings. The summed E-state index contributed by atoms with van der Waals surface area (Å²) in [5, 5.41) is 21.2. The Kier molecular flexibility index (Phi) is 10.4. The highest BCUT2D eigenvalue weighted by Crippen LogP contribution is 2.39. The molecule has 41 heavy (non-hydrogen) atoms. The van der Waals surface area contributed by atoms with E-state index in [1.807, 2.05) is 48.5 Å². The minimum atomic E-state index is -0.905. The summed E-state index contributed by atoms with van der Waals surface area (Å²) in [5.74, 6) is -1.12. The van der Waals surface area contributed by atoms with E-state index in [0.29, 0.717) is 18.2 Å².